The van der Waals surface area contributed by atoms with Gasteiger partial charge in [-0.25, -0.2) is 4.99 Å². The Balaban J connectivity index is 1.56. The van der Waals surface area contributed by atoms with Gasteiger partial charge in [0.15, 0.2) is 0 Å². The molecule has 226 valence electrons. The van der Waals surface area contributed by atoms with E-state index in [1.807, 2.05) is 74.5 Å². The van der Waals surface area contributed by atoms with E-state index in [1.54, 1.807) is 17.8 Å². The summed E-state index contributed by atoms with van der Waals surface area (Å²) in [6.07, 6.45) is 6.68. The summed E-state index contributed by atoms with van der Waals surface area (Å²) in [5.74, 6) is 0.556. The van der Waals surface area contributed by atoms with Crippen LogP contribution in [0.25, 0.3) is 11.1 Å². The Morgan fingerprint density at radius 3 is 2.35 bits per heavy atom. The number of amides is 1. The van der Waals surface area contributed by atoms with Crippen LogP contribution in [-0.2, 0) is 12.5 Å². The van der Waals surface area contributed by atoms with Gasteiger partial charge in [-0.1, -0.05) is 45.0 Å². The van der Waals surface area contributed by atoms with E-state index < -0.39 is 0 Å². The van der Waals surface area contributed by atoms with Crippen LogP contribution in [0.5, 0.6) is 0 Å². The number of carbonyl (C=O) groups is 1. The third-order valence-electron chi connectivity index (χ3n) is 7.85. The van der Waals surface area contributed by atoms with Gasteiger partial charge in [-0.3, -0.25) is 9.59 Å². The number of piperidine rings is 1. The van der Waals surface area contributed by atoms with Crippen molar-refractivity contribution in [3.05, 3.63) is 105 Å². The average Bonchev–Trinajstić information content (AvgIpc) is 2.97. The van der Waals surface area contributed by atoms with Crippen molar-refractivity contribution >= 4 is 24.0 Å². The SMILES string of the molecule is C=N/C(=C\C=C(/C)Nc1cc(-c2cccc(NC(=O)c3ccc(C(C)(C)C)cc3)c2C)cn(C)c1=O)N1CCC(O)CC1. The molecule has 2 heterocycles. The van der Waals surface area contributed by atoms with E-state index in [0.29, 0.717) is 29.8 Å². The first-order valence-electron chi connectivity index (χ1n) is 14.6. The molecular weight excluding hydrogens is 538 g/mol. The second-order valence-corrected chi connectivity index (χ2v) is 12.2. The zero-order chi connectivity index (χ0) is 31.3. The number of aliphatic hydroxyl groups excluding tert-OH is 1. The van der Waals surface area contributed by atoms with Crippen LogP contribution < -0.4 is 16.2 Å². The summed E-state index contributed by atoms with van der Waals surface area (Å²) >= 11 is 0. The number of benzene rings is 2. The lowest BCUT2D eigenvalue weighted by Gasteiger charge is -2.31. The molecule has 1 saturated heterocycles. The molecule has 3 N–H and O–H groups in total. The predicted octanol–water partition coefficient (Wildman–Crippen LogP) is 6.22. The average molecular weight is 582 g/mol. The molecule has 0 unspecified atom stereocenters. The number of aromatic nitrogens is 1. The van der Waals surface area contributed by atoms with Crippen LogP contribution >= 0.6 is 0 Å². The second kappa shape index (κ2) is 13.3. The number of anilines is 2. The zero-order valence-corrected chi connectivity index (χ0v) is 26.1. The van der Waals surface area contributed by atoms with Crippen molar-refractivity contribution in [2.45, 2.75) is 59.0 Å². The van der Waals surface area contributed by atoms with E-state index in [-0.39, 0.29) is 23.0 Å². The zero-order valence-electron chi connectivity index (χ0n) is 26.1. The number of rotatable bonds is 8. The normalized spacial score (nSPS) is 14.9. The number of nitrogens with one attached hydrogen (secondary N) is 2. The molecule has 1 aliphatic rings. The summed E-state index contributed by atoms with van der Waals surface area (Å²) in [5, 5.41) is 16.1. The number of aliphatic hydroxyl groups is 1. The first-order valence-corrected chi connectivity index (χ1v) is 14.6. The van der Waals surface area contributed by atoms with Gasteiger partial charge in [0.2, 0.25) is 0 Å². The Labute approximate surface area is 254 Å². The van der Waals surface area contributed by atoms with Crippen LogP contribution in [0, 0.1) is 6.92 Å². The highest BCUT2D eigenvalue weighted by atomic mass is 16.3. The van der Waals surface area contributed by atoms with E-state index in [2.05, 4.69) is 48.0 Å². The number of hydrogen-bond acceptors (Lipinski definition) is 6. The second-order valence-electron chi connectivity index (χ2n) is 12.2. The third kappa shape index (κ3) is 7.70. The van der Waals surface area contributed by atoms with Gasteiger partial charge in [0.05, 0.1) is 6.10 Å². The number of carbonyl (C=O) groups excluding carboxylic acids is 1. The van der Waals surface area contributed by atoms with Crippen molar-refractivity contribution in [2.75, 3.05) is 23.7 Å². The summed E-state index contributed by atoms with van der Waals surface area (Å²) in [5.41, 5.74) is 6.18. The van der Waals surface area contributed by atoms with Crippen LogP contribution in [0.3, 0.4) is 0 Å². The topological polar surface area (TPSA) is 99.0 Å². The van der Waals surface area contributed by atoms with Gasteiger partial charge >= 0.3 is 0 Å². The first-order chi connectivity index (χ1) is 20.4. The van der Waals surface area contributed by atoms with Crippen LogP contribution in [0.2, 0.25) is 0 Å². The number of hydrogen-bond donors (Lipinski definition) is 3. The van der Waals surface area contributed by atoms with Crippen LogP contribution in [0.4, 0.5) is 11.4 Å². The maximum Gasteiger partial charge on any atom is 0.273 e. The maximum atomic E-state index is 13.1. The molecule has 0 saturated carbocycles. The van der Waals surface area contributed by atoms with Gasteiger partial charge in [0.1, 0.15) is 11.5 Å². The molecule has 1 aliphatic heterocycles. The molecule has 1 amide bonds. The number of nitrogens with zero attached hydrogens (tertiary/aromatic N) is 3. The van der Waals surface area contributed by atoms with Crippen LogP contribution in [-0.4, -0.2) is 46.4 Å². The number of likely N-dealkylation sites (tertiary alicyclic amines) is 1. The van der Waals surface area contributed by atoms with Gasteiger partial charge in [-0.15, -0.1) is 0 Å². The lowest BCUT2D eigenvalue weighted by molar-refractivity contribution is 0.0967. The van der Waals surface area contributed by atoms with Gasteiger partial charge in [0, 0.05) is 48.8 Å². The summed E-state index contributed by atoms with van der Waals surface area (Å²) in [7, 11) is 1.72. The fraction of sp³-hybridized carbons (Fsp3) is 0.343. The van der Waals surface area contributed by atoms with Crippen molar-refractivity contribution in [3.63, 3.8) is 0 Å². The van der Waals surface area contributed by atoms with Crippen molar-refractivity contribution in [1.29, 1.82) is 0 Å². The molecule has 0 atom stereocenters. The Bertz CT molecular complexity index is 1600. The van der Waals surface area contributed by atoms with Crippen molar-refractivity contribution in [1.82, 2.24) is 9.47 Å². The molecule has 43 heavy (non-hydrogen) atoms. The highest BCUT2D eigenvalue weighted by Gasteiger charge is 2.18. The monoisotopic (exact) mass is 581 g/mol. The van der Waals surface area contributed by atoms with Gasteiger partial charge in [-0.05, 0) is 91.9 Å². The predicted molar refractivity (Wildman–Crippen MR) is 177 cm³/mol. The van der Waals surface area contributed by atoms with Crippen molar-refractivity contribution < 1.29 is 9.90 Å². The minimum absolute atomic E-state index is 0.0125. The highest BCUT2D eigenvalue weighted by Crippen LogP contribution is 2.30. The fourth-order valence-corrected chi connectivity index (χ4v) is 5.16. The van der Waals surface area contributed by atoms with Gasteiger partial charge < -0.3 is 25.2 Å². The molecular formula is C35H43N5O3. The van der Waals surface area contributed by atoms with E-state index in [4.69, 9.17) is 0 Å². The Morgan fingerprint density at radius 1 is 1.05 bits per heavy atom. The van der Waals surface area contributed by atoms with E-state index in [0.717, 1.165) is 41.3 Å². The Kier molecular flexibility index (Phi) is 9.71. The Morgan fingerprint density at radius 2 is 1.72 bits per heavy atom. The lowest BCUT2D eigenvalue weighted by Crippen LogP contribution is -2.34. The molecule has 8 heteroatoms. The molecule has 1 fully saturated rings. The third-order valence-corrected chi connectivity index (χ3v) is 7.85. The summed E-state index contributed by atoms with van der Waals surface area (Å²) < 4.78 is 1.55. The molecule has 3 aromatic rings. The van der Waals surface area contributed by atoms with E-state index in [9.17, 15) is 14.7 Å². The fourth-order valence-electron chi connectivity index (χ4n) is 5.16. The molecule has 8 nitrogen and oxygen atoms in total. The van der Waals surface area contributed by atoms with Crippen LogP contribution in [0.15, 0.2) is 88.2 Å². The number of allylic oxidation sites excluding steroid dienone is 3. The lowest BCUT2D eigenvalue weighted by atomic mass is 9.86. The van der Waals surface area contributed by atoms with Crippen LogP contribution in [0.1, 0.15) is 62.0 Å². The molecule has 0 aliphatic carbocycles. The first kappa shape index (κ1) is 31.5. The smallest absolute Gasteiger partial charge is 0.273 e. The number of aliphatic imine (C=N–C) groups is 1. The number of aryl methyl sites for hydroxylation is 1. The molecule has 0 radical (unpaired) electrons. The molecule has 4 rings (SSSR count). The highest BCUT2D eigenvalue weighted by molar-refractivity contribution is 6.05. The summed E-state index contributed by atoms with van der Waals surface area (Å²) in [6.45, 7) is 15.4. The van der Waals surface area contributed by atoms with Gasteiger partial charge in [0.25, 0.3) is 11.5 Å². The minimum Gasteiger partial charge on any atom is -0.393 e. The molecule has 1 aromatic heterocycles. The van der Waals surface area contributed by atoms with Gasteiger partial charge in [-0.2, -0.15) is 0 Å². The Hall–Kier alpha value is -4.43. The molecule has 0 spiro atoms. The maximum absolute atomic E-state index is 13.1. The number of pyridine rings is 1. The molecule has 2 aromatic carbocycles. The quantitative estimate of drug-likeness (QED) is 0.217. The minimum atomic E-state index is -0.267. The summed E-state index contributed by atoms with van der Waals surface area (Å²) in [6, 6.07) is 15.3. The summed E-state index contributed by atoms with van der Waals surface area (Å²) in [4.78, 5) is 32.4. The van der Waals surface area contributed by atoms with Crippen molar-refractivity contribution in [2.24, 2.45) is 12.0 Å². The van der Waals surface area contributed by atoms with E-state index >= 15 is 0 Å². The van der Waals surface area contributed by atoms with Crippen molar-refractivity contribution in [3.8, 4) is 11.1 Å². The van der Waals surface area contributed by atoms with E-state index in [1.165, 1.54) is 5.56 Å². The standard InChI is InChI=1S/C35H43N5O3/c1-23(11-16-32(36-6)40-19-17-28(41)18-20-40)37-31-21-26(22-39(7)34(31)43)29-9-8-10-30(24(29)2)38-33(42)25-12-14-27(15-13-25)35(3,4)5/h8-16,21-22,28,37,41H,6,17-20H2,1-5,7H3,(H,38,42)/b23-11+,32-16+. The molecule has 0 bridgehead atoms. The largest absolute Gasteiger partial charge is 0.393 e.